The fourth-order valence-corrected chi connectivity index (χ4v) is 3.03. The summed E-state index contributed by atoms with van der Waals surface area (Å²) in [4.78, 5) is 16.7. The van der Waals surface area contributed by atoms with Crippen LogP contribution < -0.4 is 4.74 Å². The Morgan fingerprint density at radius 2 is 1.85 bits per heavy atom. The molecule has 1 N–H and O–H groups in total. The minimum atomic E-state index is -0.135. The van der Waals surface area contributed by atoms with Gasteiger partial charge in [0.05, 0.1) is 12.7 Å². The number of ether oxygens (including phenoxy) is 1. The van der Waals surface area contributed by atoms with Crippen molar-refractivity contribution in [3.05, 3.63) is 65.7 Å². The summed E-state index contributed by atoms with van der Waals surface area (Å²) in [5, 5.41) is 10.1. The van der Waals surface area contributed by atoms with Crippen LogP contribution in [0.1, 0.15) is 15.9 Å². The van der Waals surface area contributed by atoms with Gasteiger partial charge in [-0.1, -0.05) is 42.5 Å². The fraction of sp³-hybridized carbons (Fsp3) is 0.286. The van der Waals surface area contributed by atoms with E-state index in [1.807, 2.05) is 18.2 Å². The normalized spacial score (nSPS) is 15.3. The molecule has 0 aliphatic carbocycles. The molecule has 5 nitrogen and oxygen atoms in total. The molecule has 0 radical (unpaired) electrons. The van der Waals surface area contributed by atoms with Gasteiger partial charge in [0.2, 0.25) is 0 Å². The molecule has 0 atom stereocenters. The standard InChI is InChI=1S/C21H24N2O3/c1-26-18-9-10-19(20(24)16-18)21(25)23-14-12-22(13-15-23)11-5-8-17-6-3-2-4-7-17/h2-10,16,24H,11-15H2,1H3/b8-5+. The molecule has 2 aromatic rings. The number of phenolic OH excluding ortho intramolecular Hbond substituents is 1. The lowest BCUT2D eigenvalue weighted by molar-refractivity contribution is 0.0647. The molecule has 1 heterocycles. The largest absolute Gasteiger partial charge is 0.507 e. The van der Waals surface area contributed by atoms with Gasteiger partial charge in [-0.05, 0) is 17.7 Å². The van der Waals surface area contributed by atoms with Crippen molar-refractivity contribution in [2.45, 2.75) is 0 Å². The topological polar surface area (TPSA) is 53.0 Å². The Kier molecular flexibility index (Phi) is 5.92. The molecular weight excluding hydrogens is 328 g/mol. The number of amides is 1. The fourth-order valence-electron chi connectivity index (χ4n) is 3.03. The van der Waals surface area contributed by atoms with Crippen molar-refractivity contribution in [3.63, 3.8) is 0 Å². The van der Waals surface area contributed by atoms with E-state index in [0.717, 1.165) is 19.6 Å². The van der Waals surface area contributed by atoms with Gasteiger partial charge in [-0.2, -0.15) is 0 Å². The van der Waals surface area contributed by atoms with Crippen LogP contribution in [-0.4, -0.2) is 60.6 Å². The number of carbonyl (C=O) groups excluding carboxylic acids is 1. The summed E-state index contributed by atoms with van der Waals surface area (Å²) in [7, 11) is 1.53. The van der Waals surface area contributed by atoms with Crippen LogP contribution in [0, 0.1) is 0 Å². The molecule has 0 bridgehead atoms. The van der Waals surface area contributed by atoms with Crippen LogP contribution in [0.3, 0.4) is 0 Å². The second-order valence-electron chi connectivity index (χ2n) is 6.29. The minimum Gasteiger partial charge on any atom is -0.507 e. The van der Waals surface area contributed by atoms with E-state index in [9.17, 15) is 9.90 Å². The quantitative estimate of drug-likeness (QED) is 0.899. The van der Waals surface area contributed by atoms with Crippen molar-refractivity contribution < 1.29 is 14.6 Å². The lowest BCUT2D eigenvalue weighted by Crippen LogP contribution is -2.48. The SMILES string of the molecule is COc1ccc(C(=O)N2CCN(C/C=C/c3ccccc3)CC2)c(O)c1. The molecule has 2 aromatic carbocycles. The number of methoxy groups -OCH3 is 1. The van der Waals surface area contributed by atoms with Crippen molar-refractivity contribution in [2.24, 2.45) is 0 Å². The van der Waals surface area contributed by atoms with Gasteiger partial charge in [-0.15, -0.1) is 0 Å². The number of rotatable bonds is 5. The number of phenols is 1. The van der Waals surface area contributed by atoms with Crippen molar-refractivity contribution in [2.75, 3.05) is 39.8 Å². The zero-order valence-electron chi connectivity index (χ0n) is 15.0. The maximum Gasteiger partial charge on any atom is 0.257 e. The first-order chi connectivity index (χ1) is 12.7. The summed E-state index contributed by atoms with van der Waals surface area (Å²) < 4.78 is 5.06. The first-order valence-electron chi connectivity index (χ1n) is 8.77. The third-order valence-corrected chi connectivity index (χ3v) is 4.57. The number of nitrogens with zero attached hydrogens (tertiary/aromatic N) is 2. The van der Waals surface area contributed by atoms with Gasteiger partial charge in [0.1, 0.15) is 11.5 Å². The van der Waals surface area contributed by atoms with Crippen molar-refractivity contribution in [1.29, 1.82) is 0 Å². The first-order valence-corrected chi connectivity index (χ1v) is 8.77. The maximum atomic E-state index is 12.6. The van der Waals surface area contributed by atoms with Gasteiger partial charge in [0, 0.05) is 38.8 Å². The zero-order chi connectivity index (χ0) is 18.4. The Balaban J connectivity index is 1.52. The molecule has 1 fully saturated rings. The highest BCUT2D eigenvalue weighted by molar-refractivity contribution is 5.97. The third kappa shape index (κ3) is 4.43. The number of aromatic hydroxyl groups is 1. The highest BCUT2D eigenvalue weighted by Crippen LogP contribution is 2.25. The Labute approximate surface area is 154 Å². The third-order valence-electron chi connectivity index (χ3n) is 4.57. The molecule has 1 aliphatic rings. The lowest BCUT2D eigenvalue weighted by Gasteiger charge is -2.34. The van der Waals surface area contributed by atoms with E-state index in [1.165, 1.54) is 18.7 Å². The number of hydrogen-bond donors (Lipinski definition) is 1. The molecule has 136 valence electrons. The van der Waals surface area contributed by atoms with E-state index in [0.29, 0.717) is 24.4 Å². The lowest BCUT2D eigenvalue weighted by atomic mass is 10.1. The van der Waals surface area contributed by atoms with E-state index >= 15 is 0 Å². The van der Waals surface area contributed by atoms with Gasteiger partial charge >= 0.3 is 0 Å². The predicted molar refractivity (Wildman–Crippen MR) is 102 cm³/mol. The second-order valence-corrected chi connectivity index (χ2v) is 6.29. The van der Waals surface area contributed by atoms with Crippen molar-refractivity contribution in [3.8, 4) is 11.5 Å². The minimum absolute atomic E-state index is 0.0393. The van der Waals surface area contributed by atoms with Crippen LogP contribution in [-0.2, 0) is 0 Å². The molecule has 1 aliphatic heterocycles. The van der Waals surface area contributed by atoms with Crippen molar-refractivity contribution >= 4 is 12.0 Å². The molecule has 1 saturated heterocycles. The Bertz CT molecular complexity index is 766. The van der Waals surface area contributed by atoms with E-state index in [4.69, 9.17) is 4.74 Å². The van der Waals surface area contributed by atoms with Crippen molar-refractivity contribution in [1.82, 2.24) is 9.80 Å². The summed E-state index contributed by atoms with van der Waals surface area (Å²) in [6.07, 6.45) is 4.27. The van der Waals surface area contributed by atoms with Crippen LogP contribution >= 0.6 is 0 Å². The first kappa shape index (κ1) is 18.0. The zero-order valence-corrected chi connectivity index (χ0v) is 15.0. The molecule has 26 heavy (non-hydrogen) atoms. The summed E-state index contributed by atoms with van der Waals surface area (Å²) in [5.74, 6) is 0.362. The van der Waals surface area contributed by atoms with Crippen LogP contribution in [0.25, 0.3) is 6.08 Å². The van der Waals surface area contributed by atoms with E-state index < -0.39 is 0 Å². The Morgan fingerprint density at radius 3 is 2.50 bits per heavy atom. The number of carbonyl (C=O) groups is 1. The molecule has 5 heteroatoms. The van der Waals surface area contributed by atoms with Crippen LogP contribution in [0.4, 0.5) is 0 Å². The monoisotopic (exact) mass is 352 g/mol. The summed E-state index contributed by atoms with van der Waals surface area (Å²) in [6.45, 7) is 3.82. The second kappa shape index (κ2) is 8.54. The van der Waals surface area contributed by atoms with Gasteiger partial charge in [0.25, 0.3) is 5.91 Å². The average Bonchev–Trinajstić information content (AvgIpc) is 2.69. The van der Waals surface area contributed by atoms with E-state index in [-0.39, 0.29) is 11.7 Å². The molecule has 0 aromatic heterocycles. The summed E-state index contributed by atoms with van der Waals surface area (Å²) >= 11 is 0. The smallest absolute Gasteiger partial charge is 0.257 e. The van der Waals surface area contributed by atoms with Crippen LogP contribution in [0.15, 0.2) is 54.6 Å². The van der Waals surface area contributed by atoms with Gasteiger partial charge in [-0.3, -0.25) is 9.69 Å². The highest BCUT2D eigenvalue weighted by atomic mass is 16.5. The van der Waals surface area contributed by atoms with Gasteiger partial charge in [0.15, 0.2) is 0 Å². The number of piperazine rings is 1. The molecule has 1 amide bonds. The van der Waals surface area contributed by atoms with E-state index in [2.05, 4.69) is 29.2 Å². The van der Waals surface area contributed by atoms with Gasteiger partial charge in [-0.25, -0.2) is 0 Å². The number of hydrogen-bond acceptors (Lipinski definition) is 4. The molecule has 0 spiro atoms. The molecule has 3 rings (SSSR count). The Hall–Kier alpha value is -2.79. The summed E-state index contributed by atoms with van der Waals surface area (Å²) in [6, 6.07) is 15.0. The predicted octanol–water partition coefficient (Wildman–Crippen LogP) is 2.87. The maximum absolute atomic E-state index is 12.6. The van der Waals surface area contributed by atoms with Crippen LogP contribution in [0.2, 0.25) is 0 Å². The van der Waals surface area contributed by atoms with Crippen LogP contribution in [0.5, 0.6) is 11.5 Å². The highest BCUT2D eigenvalue weighted by Gasteiger charge is 2.23. The van der Waals surface area contributed by atoms with Gasteiger partial charge < -0.3 is 14.7 Å². The van der Waals surface area contributed by atoms with E-state index in [1.54, 1.807) is 17.0 Å². The average molecular weight is 352 g/mol. The Morgan fingerprint density at radius 1 is 1.12 bits per heavy atom. The molecule has 0 saturated carbocycles. The molecule has 0 unspecified atom stereocenters. The summed E-state index contributed by atoms with van der Waals surface area (Å²) in [5.41, 5.74) is 1.51. The number of benzene rings is 2. The molecular formula is C21H24N2O3.